The predicted octanol–water partition coefficient (Wildman–Crippen LogP) is 2.29. The lowest BCUT2D eigenvalue weighted by atomic mass is 10.1. The van der Waals surface area contributed by atoms with E-state index in [1.807, 2.05) is 24.3 Å². The summed E-state index contributed by atoms with van der Waals surface area (Å²) < 4.78 is 6.83. The Morgan fingerprint density at radius 3 is 2.68 bits per heavy atom. The second kappa shape index (κ2) is 10.4. The highest BCUT2D eigenvalue weighted by Crippen LogP contribution is 2.19. The molecule has 0 aliphatic rings. The Morgan fingerprint density at radius 1 is 1.26 bits per heavy atom. The molecule has 4 N–H and O–H groups in total. The molecule has 0 saturated carbocycles. The molecule has 162 valence electrons. The fourth-order valence-corrected chi connectivity index (χ4v) is 3.08. The molecule has 0 fully saturated rings. The van der Waals surface area contributed by atoms with Crippen LogP contribution < -0.4 is 21.1 Å². The van der Waals surface area contributed by atoms with Crippen molar-refractivity contribution >= 4 is 29.2 Å². The van der Waals surface area contributed by atoms with Gasteiger partial charge in [-0.2, -0.15) is 0 Å². The van der Waals surface area contributed by atoms with Crippen LogP contribution in [0, 0.1) is 0 Å². The minimum absolute atomic E-state index is 0.0442. The van der Waals surface area contributed by atoms with Gasteiger partial charge in [0.1, 0.15) is 29.8 Å². The standard InChI is InChI=1S/C21H23ClN6O3/c1-31-16-4-2-14(3-5-16)12-25-21(30)17(6-7-18(23)29)26-19-10-15(22)11-20(27-19)28-9-8-24-13-28/h2-5,8-11,13,17H,6-7,12H2,1H3,(H2,23,29)(H,25,30)(H,26,27). The minimum Gasteiger partial charge on any atom is -0.497 e. The van der Waals surface area contributed by atoms with Crippen LogP contribution in [0.25, 0.3) is 5.82 Å². The summed E-state index contributed by atoms with van der Waals surface area (Å²) in [7, 11) is 1.59. The van der Waals surface area contributed by atoms with Crippen LogP contribution in [0.2, 0.25) is 5.02 Å². The van der Waals surface area contributed by atoms with E-state index >= 15 is 0 Å². The van der Waals surface area contributed by atoms with Crippen molar-refractivity contribution in [3.8, 4) is 11.6 Å². The Morgan fingerprint density at radius 2 is 2.03 bits per heavy atom. The van der Waals surface area contributed by atoms with E-state index in [4.69, 9.17) is 22.1 Å². The van der Waals surface area contributed by atoms with Gasteiger partial charge in [-0.25, -0.2) is 9.97 Å². The molecule has 0 spiro atoms. The maximum absolute atomic E-state index is 12.8. The number of carbonyl (C=O) groups is 2. The molecule has 0 aliphatic carbocycles. The summed E-state index contributed by atoms with van der Waals surface area (Å²) in [5.74, 6) is 0.887. The first-order valence-corrected chi connectivity index (χ1v) is 9.94. The van der Waals surface area contributed by atoms with Crippen molar-refractivity contribution in [2.75, 3.05) is 12.4 Å². The van der Waals surface area contributed by atoms with Crippen LogP contribution in [0.5, 0.6) is 5.75 Å². The Bertz CT molecular complexity index is 1020. The monoisotopic (exact) mass is 442 g/mol. The molecule has 31 heavy (non-hydrogen) atoms. The van der Waals surface area contributed by atoms with Gasteiger partial charge in [0.15, 0.2) is 0 Å². The van der Waals surface area contributed by atoms with Crippen LogP contribution in [0.4, 0.5) is 5.82 Å². The van der Waals surface area contributed by atoms with Crippen LogP contribution in [-0.4, -0.2) is 39.5 Å². The lowest BCUT2D eigenvalue weighted by Crippen LogP contribution is -2.40. The van der Waals surface area contributed by atoms with Crippen molar-refractivity contribution in [1.82, 2.24) is 19.9 Å². The number of ether oxygens (including phenoxy) is 1. The van der Waals surface area contributed by atoms with Gasteiger partial charge in [0, 0.05) is 36.4 Å². The summed E-state index contributed by atoms with van der Waals surface area (Å²) in [6.07, 6.45) is 5.20. The Kier molecular flexibility index (Phi) is 7.45. The van der Waals surface area contributed by atoms with E-state index in [9.17, 15) is 9.59 Å². The molecule has 0 aliphatic heterocycles. The maximum atomic E-state index is 12.8. The van der Waals surface area contributed by atoms with Gasteiger partial charge in [-0.15, -0.1) is 0 Å². The molecular weight excluding hydrogens is 420 g/mol. The molecule has 0 saturated heterocycles. The van der Waals surface area contributed by atoms with Crippen LogP contribution >= 0.6 is 11.6 Å². The third-order valence-corrected chi connectivity index (χ3v) is 4.71. The molecule has 1 atom stereocenters. The number of imidazole rings is 1. The zero-order valence-corrected chi connectivity index (χ0v) is 17.7. The molecule has 0 radical (unpaired) electrons. The Balaban J connectivity index is 1.72. The molecule has 10 heteroatoms. The fourth-order valence-electron chi connectivity index (χ4n) is 2.87. The number of carbonyl (C=O) groups excluding carboxylic acids is 2. The number of hydrogen-bond donors (Lipinski definition) is 3. The first-order chi connectivity index (χ1) is 14.9. The fraction of sp³-hybridized carbons (Fsp3) is 0.238. The molecule has 3 aromatic rings. The van der Waals surface area contributed by atoms with E-state index in [0.717, 1.165) is 11.3 Å². The normalized spacial score (nSPS) is 11.5. The summed E-state index contributed by atoms with van der Waals surface area (Å²) in [6.45, 7) is 0.320. The number of halogens is 1. The van der Waals surface area contributed by atoms with Crippen molar-refractivity contribution in [3.63, 3.8) is 0 Å². The molecular formula is C21H23ClN6O3. The summed E-state index contributed by atoms with van der Waals surface area (Å²) >= 11 is 6.22. The topological polar surface area (TPSA) is 124 Å². The molecule has 2 aromatic heterocycles. The zero-order chi connectivity index (χ0) is 22.2. The van der Waals surface area contributed by atoms with Gasteiger partial charge in [0.2, 0.25) is 11.8 Å². The summed E-state index contributed by atoms with van der Waals surface area (Å²) in [5, 5.41) is 6.37. The lowest BCUT2D eigenvalue weighted by Gasteiger charge is -2.19. The third-order valence-electron chi connectivity index (χ3n) is 4.49. The van der Waals surface area contributed by atoms with Crippen LogP contribution in [0.15, 0.2) is 55.1 Å². The number of nitrogens with zero attached hydrogens (tertiary/aromatic N) is 3. The molecule has 2 amide bonds. The lowest BCUT2D eigenvalue weighted by molar-refractivity contribution is -0.122. The quantitative estimate of drug-likeness (QED) is 0.442. The summed E-state index contributed by atoms with van der Waals surface area (Å²) in [4.78, 5) is 32.6. The number of hydrogen-bond acceptors (Lipinski definition) is 6. The van der Waals surface area contributed by atoms with E-state index in [1.54, 1.807) is 42.5 Å². The number of methoxy groups -OCH3 is 1. The van der Waals surface area contributed by atoms with Crippen LogP contribution in [0.3, 0.4) is 0 Å². The highest BCUT2D eigenvalue weighted by molar-refractivity contribution is 6.31. The van der Waals surface area contributed by atoms with E-state index in [-0.39, 0.29) is 18.7 Å². The van der Waals surface area contributed by atoms with Crippen LogP contribution in [0.1, 0.15) is 18.4 Å². The predicted molar refractivity (Wildman–Crippen MR) is 117 cm³/mol. The highest BCUT2D eigenvalue weighted by Gasteiger charge is 2.20. The molecule has 1 unspecified atom stereocenters. The van der Waals surface area contributed by atoms with Crippen molar-refractivity contribution < 1.29 is 14.3 Å². The minimum atomic E-state index is -0.729. The number of aromatic nitrogens is 3. The van der Waals surface area contributed by atoms with E-state index in [2.05, 4.69) is 20.6 Å². The first kappa shape index (κ1) is 22.1. The number of nitrogens with one attached hydrogen (secondary N) is 2. The van der Waals surface area contributed by atoms with Gasteiger partial charge in [0.05, 0.1) is 7.11 Å². The third kappa shape index (κ3) is 6.45. The van der Waals surface area contributed by atoms with E-state index in [0.29, 0.717) is 23.2 Å². The molecule has 3 rings (SSSR count). The number of amides is 2. The van der Waals surface area contributed by atoms with Gasteiger partial charge < -0.3 is 21.1 Å². The largest absolute Gasteiger partial charge is 0.497 e. The SMILES string of the molecule is COc1ccc(CNC(=O)C(CCC(N)=O)Nc2cc(Cl)cc(-n3ccnc3)n2)cc1. The number of pyridine rings is 1. The second-order valence-corrected chi connectivity index (χ2v) is 7.20. The highest BCUT2D eigenvalue weighted by atomic mass is 35.5. The van der Waals surface area contributed by atoms with Crippen molar-refractivity contribution in [2.24, 2.45) is 5.73 Å². The summed E-state index contributed by atoms with van der Waals surface area (Å²) in [6, 6.07) is 9.91. The first-order valence-electron chi connectivity index (χ1n) is 9.56. The number of primary amides is 1. The molecule has 2 heterocycles. The molecule has 9 nitrogen and oxygen atoms in total. The Hall–Kier alpha value is -3.59. The van der Waals surface area contributed by atoms with Crippen molar-refractivity contribution in [1.29, 1.82) is 0 Å². The maximum Gasteiger partial charge on any atom is 0.242 e. The number of anilines is 1. The number of rotatable bonds is 10. The second-order valence-electron chi connectivity index (χ2n) is 6.77. The average molecular weight is 443 g/mol. The van der Waals surface area contributed by atoms with Gasteiger partial charge in [-0.3, -0.25) is 14.2 Å². The van der Waals surface area contributed by atoms with Gasteiger partial charge in [-0.05, 0) is 30.2 Å². The smallest absolute Gasteiger partial charge is 0.242 e. The Labute approximate surface area is 184 Å². The van der Waals surface area contributed by atoms with Gasteiger partial charge >= 0.3 is 0 Å². The molecule has 0 bridgehead atoms. The van der Waals surface area contributed by atoms with Gasteiger partial charge in [0.25, 0.3) is 0 Å². The summed E-state index contributed by atoms with van der Waals surface area (Å²) in [5.41, 5.74) is 6.19. The van der Waals surface area contributed by atoms with Crippen molar-refractivity contribution in [3.05, 3.63) is 65.7 Å². The number of benzene rings is 1. The van der Waals surface area contributed by atoms with E-state index in [1.165, 1.54) is 0 Å². The zero-order valence-electron chi connectivity index (χ0n) is 16.9. The van der Waals surface area contributed by atoms with Crippen molar-refractivity contribution in [2.45, 2.75) is 25.4 Å². The van der Waals surface area contributed by atoms with Gasteiger partial charge in [-0.1, -0.05) is 23.7 Å². The average Bonchev–Trinajstić information content (AvgIpc) is 3.30. The van der Waals surface area contributed by atoms with Crippen LogP contribution in [-0.2, 0) is 16.1 Å². The van der Waals surface area contributed by atoms with E-state index < -0.39 is 11.9 Å². The molecule has 1 aromatic carbocycles. The number of nitrogens with two attached hydrogens (primary N) is 1.